The van der Waals surface area contributed by atoms with Crippen molar-refractivity contribution in [2.24, 2.45) is 0 Å². The summed E-state index contributed by atoms with van der Waals surface area (Å²) in [5.41, 5.74) is 2.93. The van der Waals surface area contributed by atoms with Crippen LogP contribution in [0.4, 0.5) is 5.69 Å². The lowest BCUT2D eigenvalue weighted by Crippen LogP contribution is -2.45. The van der Waals surface area contributed by atoms with Gasteiger partial charge in [0.1, 0.15) is 0 Å². The van der Waals surface area contributed by atoms with Gasteiger partial charge in [-0.25, -0.2) is 0 Å². The molecule has 2 nitrogen and oxygen atoms in total. The smallest absolute Gasteiger partial charge is 0.0726 e. The van der Waals surface area contributed by atoms with Crippen molar-refractivity contribution < 1.29 is 4.74 Å². The average Bonchev–Trinajstić information content (AvgIpc) is 2.27. The van der Waals surface area contributed by atoms with Crippen molar-refractivity contribution in [2.75, 3.05) is 18.0 Å². The fourth-order valence-electron chi connectivity index (χ4n) is 2.56. The summed E-state index contributed by atoms with van der Waals surface area (Å²) >= 11 is 0. The van der Waals surface area contributed by atoms with Crippen LogP contribution >= 0.6 is 0 Å². The van der Waals surface area contributed by atoms with E-state index in [0.29, 0.717) is 12.2 Å². The van der Waals surface area contributed by atoms with E-state index in [1.54, 1.807) is 0 Å². The summed E-state index contributed by atoms with van der Waals surface area (Å²) in [4.78, 5) is 2.42. The Kier molecular flexibility index (Phi) is 3.67. The van der Waals surface area contributed by atoms with Crippen LogP contribution in [0, 0.1) is 0 Å². The number of hydrogen-bond donors (Lipinski definition) is 0. The summed E-state index contributed by atoms with van der Waals surface area (Å²) in [6.45, 7) is 13.0. The van der Waals surface area contributed by atoms with Crippen LogP contribution in [-0.4, -0.2) is 25.3 Å². The summed E-state index contributed by atoms with van der Waals surface area (Å²) < 4.78 is 5.77. The zero-order valence-corrected chi connectivity index (χ0v) is 12.2. The third-order valence-electron chi connectivity index (χ3n) is 3.52. The minimum Gasteiger partial charge on any atom is -0.372 e. The molecule has 18 heavy (non-hydrogen) atoms. The molecular weight excluding hydrogens is 222 g/mol. The Morgan fingerprint density at radius 1 is 1.00 bits per heavy atom. The fourth-order valence-corrected chi connectivity index (χ4v) is 2.56. The molecule has 0 spiro atoms. The Hall–Kier alpha value is -1.02. The molecule has 1 aromatic rings. The SMILES string of the molecule is C[C@@H]1CN(c2ccc(C(C)(C)C)cc2)C[C@H](C)O1. The largest absolute Gasteiger partial charge is 0.372 e. The highest BCUT2D eigenvalue weighted by molar-refractivity contribution is 5.49. The Morgan fingerprint density at radius 2 is 1.50 bits per heavy atom. The van der Waals surface area contributed by atoms with Gasteiger partial charge in [0.15, 0.2) is 0 Å². The molecule has 2 rings (SSSR count). The van der Waals surface area contributed by atoms with Gasteiger partial charge in [-0.15, -0.1) is 0 Å². The highest BCUT2D eigenvalue weighted by atomic mass is 16.5. The molecule has 0 radical (unpaired) electrons. The third-order valence-corrected chi connectivity index (χ3v) is 3.52. The molecule has 0 N–H and O–H groups in total. The normalized spacial score (nSPS) is 25.3. The molecule has 1 aromatic carbocycles. The lowest BCUT2D eigenvalue weighted by Gasteiger charge is -2.37. The number of morpholine rings is 1. The quantitative estimate of drug-likeness (QED) is 0.752. The lowest BCUT2D eigenvalue weighted by atomic mass is 9.87. The molecule has 0 aromatic heterocycles. The van der Waals surface area contributed by atoms with E-state index in [1.807, 2.05) is 0 Å². The number of ether oxygens (including phenoxy) is 1. The monoisotopic (exact) mass is 247 g/mol. The van der Waals surface area contributed by atoms with E-state index >= 15 is 0 Å². The standard InChI is InChI=1S/C16H25NO/c1-12-10-17(11-13(2)18-12)15-8-6-14(7-9-15)16(3,4)5/h6-9,12-13H,10-11H2,1-5H3/t12-,13+. The van der Waals surface area contributed by atoms with Gasteiger partial charge in [-0.2, -0.15) is 0 Å². The maximum absolute atomic E-state index is 5.77. The van der Waals surface area contributed by atoms with E-state index < -0.39 is 0 Å². The topological polar surface area (TPSA) is 12.5 Å². The van der Waals surface area contributed by atoms with Gasteiger partial charge in [0.05, 0.1) is 12.2 Å². The number of rotatable bonds is 1. The Balaban J connectivity index is 2.14. The Labute approximate surface area is 111 Å². The molecule has 1 aliphatic rings. The first-order valence-electron chi connectivity index (χ1n) is 6.87. The van der Waals surface area contributed by atoms with Gasteiger partial charge in [-0.05, 0) is 37.0 Å². The van der Waals surface area contributed by atoms with E-state index in [2.05, 4.69) is 63.8 Å². The Morgan fingerprint density at radius 3 is 1.94 bits per heavy atom. The molecule has 0 saturated carbocycles. The van der Waals surface area contributed by atoms with Gasteiger partial charge in [0.2, 0.25) is 0 Å². The molecule has 0 bridgehead atoms. The van der Waals surface area contributed by atoms with Gasteiger partial charge >= 0.3 is 0 Å². The average molecular weight is 247 g/mol. The molecule has 0 aliphatic carbocycles. The Bertz CT molecular complexity index is 381. The van der Waals surface area contributed by atoms with Crippen molar-refractivity contribution in [1.82, 2.24) is 0 Å². The minimum atomic E-state index is 0.226. The first kappa shape index (κ1) is 13.4. The van der Waals surface area contributed by atoms with Crippen LogP contribution in [0.25, 0.3) is 0 Å². The van der Waals surface area contributed by atoms with Crippen molar-refractivity contribution in [3.63, 3.8) is 0 Å². The summed E-state index contributed by atoms with van der Waals surface area (Å²) in [7, 11) is 0. The second-order valence-corrected chi connectivity index (χ2v) is 6.46. The van der Waals surface area contributed by atoms with E-state index in [1.165, 1.54) is 11.3 Å². The van der Waals surface area contributed by atoms with E-state index in [4.69, 9.17) is 4.74 Å². The van der Waals surface area contributed by atoms with Gasteiger partial charge in [0, 0.05) is 18.8 Å². The van der Waals surface area contributed by atoms with Crippen LogP contribution in [0.5, 0.6) is 0 Å². The number of hydrogen-bond acceptors (Lipinski definition) is 2. The predicted molar refractivity (Wildman–Crippen MR) is 77.4 cm³/mol. The number of nitrogens with zero attached hydrogens (tertiary/aromatic N) is 1. The van der Waals surface area contributed by atoms with Crippen LogP contribution in [0.15, 0.2) is 24.3 Å². The zero-order valence-electron chi connectivity index (χ0n) is 12.2. The summed E-state index contributed by atoms with van der Waals surface area (Å²) in [6.07, 6.45) is 0.632. The highest BCUT2D eigenvalue weighted by Crippen LogP contribution is 2.26. The van der Waals surface area contributed by atoms with Crippen molar-refractivity contribution in [3.8, 4) is 0 Å². The molecule has 1 saturated heterocycles. The molecular formula is C16H25NO. The van der Waals surface area contributed by atoms with Crippen LogP contribution in [0.2, 0.25) is 0 Å². The second kappa shape index (κ2) is 4.93. The van der Waals surface area contributed by atoms with Crippen molar-refractivity contribution in [1.29, 1.82) is 0 Å². The van der Waals surface area contributed by atoms with Crippen LogP contribution in [0.1, 0.15) is 40.2 Å². The third kappa shape index (κ3) is 3.05. The fraction of sp³-hybridized carbons (Fsp3) is 0.625. The van der Waals surface area contributed by atoms with Gasteiger partial charge in [0.25, 0.3) is 0 Å². The molecule has 1 fully saturated rings. The van der Waals surface area contributed by atoms with Crippen molar-refractivity contribution in [3.05, 3.63) is 29.8 Å². The number of benzene rings is 1. The van der Waals surface area contributed by atoms with Crippen LogP contribution < -0.4 is 4.90 Å². The molecule has 1 heterocycles. The van der Waals surface area contributed by atoms with Gasteiger partial charge in [-0.1, -0.05) is 32.9 Å². The maximum Gasteiger partial charge on any atom is 0.0726 e. The minimum absolute atomic E-state index is 0.226. The van der Waals surface area contributed by atoms with Gasteiger partial charge in [-0.3, -0.25) is 0 Å². The second-order valence-electron chi connectivity index (χ2n) is 6.46. The summed E-state index contributed by atoms with van der Waals surface area (Å²) in [5.74, 6) is 0. The summed E-state index contributed by atoms with van der Waals surface area (Å²) in [5, 5.41) is 0. The lowest BCUT2D eigenvalue weighted by molar-refractivity contribution is -0.00521. The van der Waals surface area contributed by atoms with Crippen molar-refractivity contribution >= 4 is 5.69 Å². The van der Waals surface area contributed by atoms with Crippen molar-refractivity contribution in [2.45, 2.75) is 52.2 Å². The first-order valence-corrected chi connectivity index (χ1v) is 6.87. The number of anilines is 1. The maximum atomic E-state index is 5.77. The molecule has 100 valence electrons. The molecule has 2 heteroatoms. The molecule has 0 amide bonds. The van der Waals surface area contributed by atoms with Crippen LogP contribution in [0.3, 0.4) is 0 Å². The van der Waals surface area contributed by atoms with Crippen LogP contribution in [-0.2, 0) is 10.2 Å². The van der Waals surface area contributed by atoms with Gasteiger partial charge < -0.3 is 9.64 Å². The zero-order chi connectivity index (χ0) is 13.3. The molecule has 1 aliphatic heterocycles. The molecule has 2 atom stereocenters. The van der Waals surface area contributed by atoms with E-state index in [9.17, 15) is 0 Å². The summed E-state index contributed by atoms with van der Waals surface area (Å²) in [6, 6.07) is 8.98. The highest BCUT2D eigenvalue weighted by Gasteiger charge is 2.22. The van der Waals surface area contributed by atoms with E-state index in [-0.39, 0.29) is 5.41 Å². The first-order chi connectivity index (χ1) is 8.36. The predicted octanol–water partition coefficient (Wildman–Crippen LogP) is 3.60. The molecule has 0 unspecified atom stereocenters. The van der Waals surface area contributed by atoms with E-state index in [0.717, 1.165) is 13.1 Å².